The molecule has 15 heavy (non-hydrogen) atoms. The molecule has 0 saturated heterocycles. The van der Waals surface area contributed by atoms with E-state index in [2.05, 4.69) is 25.1 Å². The van der Waals surface area contributed by atoms with Gasteiger partial charge in [-0.3, -0.25) is 9.69 Å². The lowest BCUT2D eigenvalue weighted by Gasteiger charge is -2.21. The number of rotatable bonds is 4. The molecule has 2 heteroatoms. The first-order chi connectivity index (χ1) is 7.00. The average Bonchev–Trinajstić information content (AvgIpc) is 2.13. The lowest BCUT2D eigenvalue weighted by atomic mass is 10.0. The minimum absolute atomic E-state index is 0.00759. The maximum atomic E-state index is 11.4. The molecule has 0 radical (unpaired) electrons. The van der Waals surface area contributed by atoms with E-state index < -0.39 is 0 Å². The second kappa shape index (κ2) is 5.08. The molecule has 0 aliphatic rings. The van der Waals surface area contributed by atoms with Gasteiger partial charge in [-0.05, 0) is 39.9 Å². The van der Waals surface area contributed by atoms with Crippen LogP contribution in [0.25, 0.3) is 0 Å². The highest BCUT2D eigenvalue weighted by Crippen LogP contribution is 2.09. The van der Waals surface area contributed by atoms with E-state index in [4.69, 9.17) is 0 Å². The van der Waals surface area contributed by atoms with Gasteiger partial charge in [0.25, 0.3) is 0 Å². The Morgan fingerprint density at radius 3 is 2.53 bits per heavy atom. The number of Topliss-reactive ketones (excluding diaryl/α,β-unsaturated/α-hetero) is 1. The minimum atomic E-state index is -0.00759. The van der Waals surface area contributed by atoms with Crippen molar-refractivity contribution in [2.75, 3.05) is 14.1 Å². The van der Waals surface area contributed by atoms with Crippen LogP contribution >= 0.6 is 0 Å². The molecule has 0 fully saturated rings. The van der Waals surface area contributed by atoms with Crippen molar-refractivity contribution < 1.29 is 4.79 Å². The van der Waals surface area contributed by atoms with Crippen molar-refractivity contribution in [2.24, 2.45) is 0 Å². The molecule has 0 aromatic heterocycles. The molecule has 1 aromatic rings. The van der Waals surface area contributed by atoms with E-state index in [9.17, 15) is 4.79 Å². The molecule has 2 nitrogen and oxygen atoms in total. The van der Waals surface area contributed by atoms with Crippen LogP contribution in [0.5, 0.6) is 0 Å². The topological polar surface area (TPSA) is 20.3 Å². The van der Waals surface area contributed by atoms with Crippen LogP contribution in [0.2, 0.25) is 0 Å². The van der Waals surface area contributed by atoms with Crippen LogP contribution in [0.1, 0.15) is 18.1 Å². The van der Waals surface area contributed by atoms with Gasteiger partial charge in [0.05, 0.1) is 6.04 Å². The summed E-state index contributed by atoms with van der Waals surface area (Å²) in [5.74, 6) is 0.224. The molecule has 0 aliphatic carbocycles. The molecule has 82 valence electrons. The zero-order valence-corrected chi connectivity index (χ0v) is 9.95. The van der Waals surface area contributed by atoms with Gasteiger partial charge in [0, 0.05) is 0 Å². The van der Waals surface area contributed by atoms with Crippen LogP contribution in [0.3, 0.4) is 0 Å². The van der Waals surface area contributed by atoms with Crippen LogP contribution in [0.15, 0.2) is 24.3 Å². The minimum Gasteiger partial charge on any atom is -0.299 e. The zero-order valence-electron chi connectivity index (χ0n) is 9.95. The van der Waals surface area contributed by atoms with Gasteiger partial charge in [-0.2, -0.15) is 0 Å². The molecule has 1 aromatic carbocycles. The molecule has 0 bridgehead atoms. The lowest BCUT2D eigenvalue weighted by Crippen LogP contribution is -2.36. The number of ketones is 1. The van der Waals surface area contributed by atoms with E-state index >= 15 is 0 Å². The van der Waals surface area contributed by atoms with Crippen LogP contribution in [0.4, 0.5) is 0 Å². The summed E-state index contributed by atoms with van der Waals surface area (Å²) >= 11 is 0. The highest BCUT2D eigenvalue weighted by atomic mass is 16.1. The summed E-state index contributed by atoms with van der Waals surface area (Å²) in [6, 6.07) is 8.32. The van der Waals surface area contributed by atoms with Crippen LogP contribution in [-0.4, -0.2) is 30.8 Å². The number of hydrogen-bond donors (Lipinski definition) is 0. The molecule has 0 amide bonds. The smallest absolute Gasteiger partial charge is 0.147 e. The number of likely N-dealkylation sites (N-methyl/N-ethyl adjacent to an activating group) is 1. The number of aryl methyl sites for hydroxylation is 1. The Bertz CT molecular complexity index is 344. The summed E-state index contributed by atoms with van der Waals surface area (Å²) in [7, 11) is 3.89. The van der Waals surface area contributed by atoms with E-state index in [1.165, 1.54) is 11.1 Å². The van der Waals surface area contributed by atoms with Crippen molar-refractivity contribution in [3.63, 3.8) is 0 Å². The van der Waals surface area contributed by atoms with Gasteiger partial charge in [-0.15, -0.1) is 0 Å². The van der Waals surface area contributed by atoms with Gasteiger partial charge in [0.15, 0.2) is 0 Å². The number of carbonyl (C=O) groups excluding carboxylic acids is 1. The van der Waals surface area contributed by atoms with Crippen LogP contribution < -0.4 is 0 Å². The van der Waals surface area contributed by atoms with Crippen molar-refractivity contribution in [1.82, 2.24) is 4.90 Å². The zero-order chi connectivity index (χ0) is 11.4. The monoisotopic (exact) mass is 205 g/mol. The Hall–Kier alpha value is -1.15. The Kier molecular flexibility index (Phi) is 4.04. The summed E-state index contributed by atoms with van der Waals surface area (Å²) in [5, 5.41) is 0. The molecule has 1 rings (SSSR count). The maximum Gasteiger partial charge on any atom is 0.147 e. The average molecular weight is 205 g/mol. The van der Waals surface area contributed by atoms with Crippen molar-refractivity contribution in [1.29, 1.82) is 0 Å². The van der Waals surface area contributed by atoms with Gasteiger partial charge >= 0.3 is 0 Å². The number of nitrogens with zero attached hydrogens (tertiary/aromatic N) is 1. The summed E-state index contributed by atoms with van der Waals surface area (Å²) < 4.78 is 0. The van der Waals surface area contributed by atoms with Crippen LogP contribution in [-0.2, 0) is 11.2 Å². The number of benzene rings is 1. The third-order valence-corrected chi connectivity index (χ3v) is 2.60. The second-order valence-electron chi connectivity index (χ2n) is 4.28. The number of carbonyl (C=O) groups is 1. The third kappa shape index (κ3) is 3.48. The van der Waals surface area contributed by atoms with Gasteiger partial charge in [-0.1, -0.05) is 29.8 Å². The molecular weight excluding hydrogens is 186 g/mol. The lowest BCUT2D eigenvalue weighted by molar-refractivity contribution is -0.121. The maximum absolute atomic E-state index is 11.4. The van der Waals surface area contributed by atoms with E-state index in [-0.39, 0.29) is 11.8 Å². The largest absolute Gasteiger partial charge is 0.299 e. The predicted octanol–water partition coefficient (Wildman–Crippen LogP) is 2.06. The molecule has 0 spiro atoms. The highest BCUT2D eigenvalue weighted by Gasteiger charge is 2.16. The number of hydrogen-bond acceptors (Lipinski definition) is 2. The standard InChI is InChI=1S/C13H19NO/c1-10-6-5-7-12(8-10)9-13(11(2)15)14(3)4/h5-8,13H,9H2,1-4H3/t13-/m0/s1. The van der Waals surface area contributed by atoms with Gasteiger partial charge in [0.2, 0.25) is 0 Å². The van der Waals surface area contributed by atoms with Crippen molar-refractivity contribution in [3.05, 3.63) is 35.4 Å². The predicted molar refractivity (Wildman–Crippen MR) is 63.0 cm³/mol. The summed E-state index contributed by atoms with van der Waals surface area (Å²) in [6.45, 7) is 3.72. The van der Waals surface area contributed by atoms with E-state index in [0.29, 0.717) is 0 Å². The molecule has 1 atom stereocenters. The molecule has 0 aliphatic heterocycles. The molecule has 0 unspecified atom stereocenters. The molecular formula is C13H19NO. The third-order valence-electron chi connectivity index (χ3n) is 2.60. The van der Waals surface area contributed by atoms with Crippen molar-refractivity contribution in [3.8, 4) is 0 Å². The van der Waals surface area contributed by atoms with Crippen molar-refractivity contribution >= 4 is 5.78 Å². The SMILES string of the molecule is CC(=O)[C@H](Cc1cccc(C)c1)N(C)C. The summed E-state index contributed by atoms with van der Waals surface area (Å²) in [6.07, 6.45) is 0.796. The Balaban J connectivity index is 2.79. The first-order valence-corrected chi connectivity index (χ1v) is 5.23. The molecule has 0 heterocycles. The Morgan fingerprint density at radius 1 is 1.40 bits per heavy atom. The Morgan fingerprint density at radius 2 is 2.07 bits per heavy atom. The fourth-order valence-electron chi connectivity index (χ4n) is 1.75. The van der Waals surface area contributed by atoms with Gasteiger partial charge < -0.3 is 0 Å². The fraction of sp³-hybridized carbons (Fsp3) is 0.462. The highest BCUT2D eigenvalue weighted by molar-refractivity contribution is 5.81. The van der Waals surface area contributed by atoms with E-state index in [1.807, 2.05) is 25.1 Å². The first-order valence-electron chi connectivity index (χ1n) is 5.23. The van der Waals surface area contributed by atoms with E-state index in [0.717, 1.165) is 6.42 Å². The fourth-order valence-corrected chi connectivity index (χ4v) is 1.75. The molecule has 0 N–H and O–H groups in total. The second-order valence-corrected chi connectivity index (χ2v) is 4.28. The summed E-state index contributed by atoms with van der Waals surface area (Å²) in [4.78, 5) is 13.4. The summed E-state index contributed by atoms with van der Waals surface area (Å²) in [5.41, 5.74) is 2.47. The van der Waals surface area contributed by atoms with Crippen molar-refractivity contribution in [2.45, 2.75) is 26.3 Å². The Labute approximate surface area is 91.9 Å². The van der Waals surface area contributed by atoms with Crippen LogP contribution in [0, 0.1) is 6.92 Å². The van der Waals surface area contributed by atoms with Gasteiger partial charge in [-0.25, -0.2) is 0 Å². The van der Waals surface area contributed by atoms with E-state index in [1.54, 1.807) is 6.92 Å². The first kappa shape index (κ1) is 11.9. The molecule has 0 saturated carbocycles. The quantitative estimate of drug-likeness (QED) is 0.750. The van der Waals surface area contributed by atoms with Gasteiger partial charge in [0.1, 0.15) is 5.78 Å². The normalized spacial score (nSPS) is 12.9.